The highest BCUT2D eigenvalue weighted by atomic mass is 32.2. The maximum atomic E-state index is 14.4. The molecule has 0 aromatic heterocycles. The predicted molar refractivity (Wildman–Crippen MR) is 120 cm³/mol. The molecule has 0 amide bonds. The van der Waals surface area contributed by atoms with Gasteiger partial charge in [-0.3, -0.25) is 4.79 Å². The molecule has 4 rings (SSSR count). The van der Waals surface area contributed by atoms with Crippen LogP contribution in [0.3, 0.4) is 0 Å². The van der Waals surface area contributed by atoms with E-state index in [9.17, 15) is 23.1 Å². The Kier molecular flexibility index (Phi) is 6.47. The van der Waals surface area contributed by atoms with Crippen LogP contribution in [0.4, 0.5) is 13.2 Å². The van der Waals surface area contributed by atoms with Crippen molar-refractivity contribution in [2.45, 2.75) is 42.3 Å². The molecule has 2 N–H and O–H groups in total. The van der Waals surface area contributed by atoms with Gasteiger partial charge in [0.15, 0.2) is 0 Å². The van der Waals surface area contributed by atoms with Crippen LogP contribution < -0.4 is 4.74 Å². The minimum atomic E-state index is -3.24. The van der Waals surface area contributed by atoms with Crippen molar-refractivity contribution in [2.75, 3.05) is 0 Å². The number of halogens is 3. The number of alkyl halides is 2. The van der Waals surface area contributed by atoms with Gasteiger partial charge in [-0.25, -0.2) is 13.2 Å². The Bertz CT molecular complexity index is 1090. The molecule has 4 atom stereocenters. The van der Waals surface area contributed by atoms with Gasteiger partial charge in [0.1, 0.15) is 23.4 Å². The van der Waals surface area contributed by atoms with Gasteiger partial charge in [-0.15, -0.1) is 11.8 Å². The maximum Gasteiger partial charge on any atom is 0.303 e. The van der Waals surface area contributed by atoms with Gasteiger partial charge in [-0.05, 0) is 54.0 Å². The molecule has 174 valence electrons. The largest absolute Gasteiger partial charge is 0.508 e. The van der Waals surface area contributed by atoms with Crippen LogP contribution in [-0.4, -0.2) is 27.5 Å². The van der Waals surface area contributed by atoms with Crippen molar-refractivity contribution in [2.24, 2.45) is 5.92 Å². The number of benzene rings is 2. The van der Waals surface area contributed by atoms with Gasteiger partial charge in [-0.2, -0.15) is 0 Å². The number of carbonyl (C=O) groups is 1. The molecule has 0 bridgehead atoms. The molecule has 4 nitrogen and oxygen atoms in total. The number of aryl methyl sites for hydroxylation is 1. The highest BCUT2D eigenvalue weighted by Gasteiger charge is 2.47. The van der Waals surface area contributed by atoms with E-state index in [0.717, 1.165) is 18.6 Å². The van der Waals surface area contributed by atoms with E-state index in [2.05, 4.69) is 0 Å². The number of hydrogen-bond acceptors (Lipinski definition) is 4. The number of thioether (sulfide) groups is 1. The summed E-state index contributed by atoms with van der Waals surface area (Å²) in [5, 5.41) is 18.1. The average Bonchev–Trinajstić information content (AvgIpc) is 3.09. The first-order chi connectivity index (χ1) is 15.6. The molecule has 2 aromatic rings. The Hall–Kier alpha value is -2.87. The van der Waals surface area contributed by atoms with E-state index >= 15 is 0 Å². The average molecular weight is 477 g/mol. The van der Waals surface area contributed by atoms with Gasteiger partial charge < -0.3 is 14.9 Å². The summed E-state index contributed by atoms with van der Waals surface area (Å²) in [6.07, 6.45) is 4.91. The van der Waals surface area contributed by atoms with Crippen LogP contribution >= 0.6 is 11.8 Å². The molecule has 1 heterocycles. The van der Waals surface area contributed by atoms with E-state index < -0.39 is 29.1 Å². The van der Waals surface area contributed by atoms with Crippen LogP contribution in [0.5, 0.6) is 5.75 Å². The summed E-state index contributed by atoms with van der Waals surface area (Å²) in [6.45, 7) is 0.745. The first kappa shape index (κ1) is 23.3. The molecule has 0 radical (unpaired) electrons. The van der Waals surface area contributed by atoms with Crippen molar-refractivity contribution < 1.29 is 32.9 Å². The Morgan fingerprint density at radius 3 is 2.58 bits per heavy atom. The van der Waals surface area contributed by atoms with Gasteiger partial charge in [0.25, 0.3) is 5.92 Å². The third-order valence-corrected chi connectivity index (χ3v) is 7.38. The molecular weight excluding hydrogens is 453 g/mol. The molecule has 1 aliphatic heterocycles. The third kappa shape index (κ3) is 5.21. The number of rotatable bonds is 7. The second-order valence-corrected chi connectivity index (χ2v) is 9.61. The number of hydrogen-bond donors (Lipinski definition) is 2. The van der Waals surface area contributed by atoms with E-state index in [1.807, 2.05) is 6.08 Å². The van der Waals surface area contributed by atoms with Crippen LogP contribution in [0, 0.1) is 11.7 Å². The van der Waals surface area contributed by atoms with Gasteiger partial charge in [0, 0.05) is 30.1 Å². The first-order valence-corrected chi connectivity index (χ1v) is 11.5. The van der Waals surface area contributed by atoms with Crippen molar-refractivity contribution in [3.8, 4) is 5.75 Å². The number of ether oxygens (including phenoxy) is 1. The number of carboxylic acid groups (broad SMARTS) is 1. The minimum absolute atomic E-state index is 0.0183. The van der Waals surface area contributed by atoms with E-state index in [1.54, 1.807) is 36.4 Å². The Morgan fingerprint density at radius 1 is 1.18 bits per heavy atom. The second kappa shape index (κ2) is 9.17. The topological polar surface area (TPSA) is 66.8 Å². The number of fused-ring (bicyclic) bond motifs is 1. The van der Waals surface area contributed by atoms with E-state index in [0.29, 0.717) is 17.7 Å². The lowest BCUT2D eigenvalue weighted by Gasteiger charge is -2.27. The number of aliphatic hydroxyl groups is 1. The summed E-state index contributed by atoms with van der Waals surface area (Å²) < 4.78 is 48.9. The fraction of sp³-hybridized carbons (Fsp3) is 0.320. The van der Waals surface area contributed by atoms with Crippen molar-refractivity contribution in [3.63, 3.8) is 0 Å². The van der Waals surface area contributed by atoms with Gasteiger partial charge in [0.05, 0.1) is 5.25 Å². The zero-order valence-corrected chi connectivity index (χ0v) is 18.6. The fourth-order valence-corrected chi connectivity index (χ4v) is 5.95. The standard InChI is InChI=1S/C25H23F3O4S/c1-25(27,28)20-12-15(26)5-9-18(20)24-23(19-10-6-16(29)13-21(19)33-24)32-17-7-2-14(3-8-17)4-11-22(30)31/h2-3,5-10,12-13,19,21,23-24,29H,4,11H2,1H3,(H,30,31)/t19-,21-,23+,24-/m1/s1. The molecule has 0 saturated carbocycles. The molecule has 1 saturated heterocycles. The summed E-state index contributed by atoms with van der Waals surface area (Å²) in [4.78, 5) is 10.8. The lowest BCUT2D eigenvalue weighted by Crippen LogP contribution is -2.30. The summed E-state index contributed by atoms with van der Waals surface area (Å²) in [6, 6.07) is 10.4. The molecular formula is C25H23F3O4S. The van der Waals surface area contributed by atoms with Crippen LogP contribution in [0.1, 0.15) is 35.3 Å². The molecule has 2 aromatic carbocycles. The molecule has 1 aliphatic carbocycles. The Labute approximate surface area is 193 Å². The zero-order chi connectivity index (χ0) is 23.8. The number of aliphatic carboxylic acids is 1. The van der Waals surface area contributed by atoms with E-state index in [4.69, 9.17) is 9.84 Å². The van der Waals surface area contributed by atoms with Gasteiger partial charge in [-0.1, -0.05) is 24.3 Å². The molecule has 33 heavy (non-hydrogen) atoms. The van der Waals surface area contributed by atoms with Crippen LogP contribution in [-0.2, 0) is 17.1 Å². The minimum Gasteiger partial charge on any atom is -0.508 e. The zero-order valence-electron chi connectivity index (χ0n) is 17.8. The summed E-state index contributed by atoms with van der Waals surface area (Å²) in [5.74, 6) is -4.42. The lowest BCUT2D eigenvalue weighted by molar-refractivity contribution is -0.136. The summed E-state index contributed by atoms with van der Waals surface area (Å²) in [7, 11) is 0. The van der Waals surface area contributed by atoms with Crippen molar-refractivity contribution in [3.05, 3.63) is 89.0 Å². The van der Waals surface area contributed by atoms with E-state index in [-0.39, 0.29) is 28.9 Å². The summed E-state index contributed by atoms with van der Waals surface area (Å²) >= 11 is 1.40. The lowest BCUT2D eigenvalue weighted by atomic mass is 9.88. The Morgan fingerprint density at radius 2 is 1.91 bits per heavy atom. The van der Waals surface area contributed by atoms with Crippen molar-refractivity contribution in [1.29, 1.82) is 0 Å². The predicted octanol–water partition coefficient (Wildman–Crippen LogP) is 6.19. The second-order valence-electron chi connectivity index (χ2n) is 8.29. The fourth-order valence-electron chi connectivity index (χ4n) is 4.22. The normalized spacial score (nSPS) is 24.3. The molecule has 1 fully saturated rings. The monoisotopic (exact) mass is 476 g/mol. The highest BCUT2D eigenvalue weighted by molar-refractivity contribution is 8.00. The van der Waals surface area contributed by atoms with Crippen LogP contribution in [0.15, 0.2) is 66.5 Å². The van der Waals surface area contributed by atoms with Crippen LogP contribution in [0.25, 0.3) is 0 Å². The van der Waals surface area contributed by atoms with Crippen LogP contribution in [0.2, 0.25) is 0 Å². The number of carboxylic acids is 1. The first-order valence-electron chi connectivity index (χ1n) is 10.5. The molecule has 2 aliphatic rings. The van der Waals surface area contributed by atoms with Crippen molar-refractivity contribution >= 4 is 17.7 Å². The molecule has 0 spiro atoms. The summed E-state index contributed by atoms with van der Waals surface area (Å²) in [5.41, 5.74) is 0.762. The number of allylic oxidation sites excluding steroid dienone is 1. The Balaban J connectivity index is 1.66. The van der Waals surface area contributed by atoms with Crippen molar-refractivity contribution in [1.82, 2.24) is 0 Å². The third-order valence-electron chi connectivity index (χ3n) is 5.80. The van der Waals surface area contributed by atoms with Gasteiger partial charge in [0.2, 0.25) is 0 Å². The quantitative estimate of drug-likeness (QED) is 0.499. The highest BCUT2D eigenvalue weighted by Crippen LogP contribution is 2.54. The van der Waals surface area contributed by atoms with Gasteiger partial charge >= 0.3 is 5.97 Å². The molecule has 8 heteroatoms. The smallest absolute Gasteiger partial charge is 0.303 e. The maximum absolute atomic E-state index is 14.4. The number of aliphatic hydroxyl groups excluding tert-OH is 1. The molecule has 0 unspecified atom stereocenters. The SMILES string of the molecule is CC(F)(F)c1cc(F)ccc1[C@H]1S[C@@H]2C=C(O)C=C[C@H]2[C@@H]1Oc1ccc(CCC(=O)O)cc1. The van der Waals surface area contributed by atoms with E-state index in [1.165, 1.54) is 23.9 Å².